The van der Waals surface area contributed by atoms with Gasteiger partial charge in [0.15, 0.2) is 0 Å². The van der Waals surface area contributed by atoms with Crippen molar-refractivity contribution in [2.45, 2.75) is 32.7 Å². The SMILES string of the molecule is CCCNC1COCCc2c(OC)ccc(C)c21. The van der Waals surface area contributed by atoms with Gasteiger partial charge in [-0.1, -0.05) is 13.0 Å². The predicted octanol–water partition coefficient (Wildman–Crippen LogP) is 2.62. The monoisotopic (exact) mass is 249 g/mol. The molecule has 1 aliphatic heterocycles. The van der Waals surface area contributed by atoms with E-state index in [9.17, 15) is 0 Å². The standard InChI is InChI=1S/C15H23NO2/c1-4-8-16-13-10-18-9-7-12-14(17-3)6-5-11(2)15(12)13/h5-6,13,16H,4,7-10H2,1-3H3. The number of benzene rings is 1. The number of aryl methyl sites for hydroxylation is 1. The molecule has 1 aromatic carbocycles. The second-order valence-electron chi connectivity index (χ2n) is 4.81. The Hall–Kier alpha value is -1.06. The quantitative estimate of drug-likeness (QED) is 0.889. The third-order valence-electron chi connectivity index (χ3n) is 3.52. The van der Waals surface area contributed by atoms with Crippen LogP contribution in [0.15, 0.2) is 12.1 Å². The zero-order valence-electron chi connectivity index (χ0n) is 11.6. The van der Waals surface area contributed by atoms with E-state index in [-0.39, 0.29) is 6.04 Å². The van der Waals surface area contributed by atoms with Crippen molar-refractivity contribution in [3.05, 3.63) is 28.8 Å². The van der Waals surface area contributed by atoms with Crippen LogP contribution in [0.1, 0.15) is 36.1 Å². The van der Waals surface area contributed by atoms with Crippen molar-refractivity contribution in [1.82, 2.24) is 5.32 Å². The minimum absolute atomic E-state index is 0.289. The van der Waals surface area contributed by atoms with Crippen molar-refractivity contribution in [2.75, 3.05) is 26.9 Å². The van der Waals surface area contributed by atoms with Gasteiger partial charge in [0.05, 0.1) is 26.4 Å². The van der Waals surface area contributed by atoms with E-state index in [0.29, 0.717) is 0 Å². The summed E-state index contributed by atoms with van der Waals surface area (Å²) in [5.41, 5.74) is 4.01. The highest BCUT2D eigenvalue weighted by Gasteiger charge is 2.23. The lowest BCUT2D eigenvalue weighted by molar-refractivity contribution is 0.121. The summed E-state index contributed by atoms with van der Waals surface area (Å²) >= 11 is 0. The van der Waals surface area contributed by atoms with Gasteiger partial charge in [-0.25, -0.2) is 0 Å². The number of fused-ring (bicyclic) bond motifs is 1. The van der Waals surface area contributed by atoms with Crippen LogP contribution in [0.5, 0.6) is 5.75 Å². The van der Waals surface area contributed by atoms with Crippen LogP contribution < -0.4 is 10.1 Å². The summed E-state index contributed by atoms with van der Waals surface area (Å²) in [6.07, 6.45) is 2.07. The van der Waals surface area contributed by atoms with Crippen molar-refractivity contribution in [2.24, 2.45) is 0 Å². The van der Waals surface area contributed by atoms with Gasteiger partial charge in [0, 0.05) is 5.56 Å². The smallest absolute Gasteiger partial charge is 0.122 e. The Morgan fingerprint density at radius 2 is 2.28 bits per heavy atom. The topological polar surface area (TPSA) is 30.5 Å². The molecule has 0 aromatic heterocycles. The first-order valence-electron chi connectivity index (χ1n) is 6.75. The molecule has 1 atom stereocenters. The van der Waals surface area contributed by atoms with E-state index in [0.717, 1.165) is 38.3 Å². The van der Waals surface area contributed by atoms with Crippen LogP contribution in [0.2, 0.25) is 0 Å². The molecule has 3 heteroatoms. The van der Waals surface area contributed by atoms with Crippen LogP contribution in [-0.4, -0.2) is 26.9 Å². The second kappa shape index (κ2) is 6.21. The molecule has 1 heterocycles. The van der Waals surface area contributed by atoms with Crippen LogP contribution >= 0.6 is 0 Å². The minimum Gasteiger partial charge on any atom is -0.496 e. The van der Waals surface area contributed by atoms with Gasteiger partial charge in [-0.3, -0.25) is 0 Å². The van der Waals surface area contributed by atoms with E-state index in [1.165, 1.54) is 16.7 Å². The molecule has 0 spiro atoms. The highest BCUT2D eigenvalue weighted by atomic mass is 16.5. The Labute approximate surface area is 109 Å². The zero-order chi connectivity index (χ0) is 13.0. The molecule has 0 aliphatic carbocycles. The number of hydrogen-bond donors (Lipinski definition) is 1. The van der Waals surface area contributed by atoms with Gasteiger partial charge < -0.3 is 14.8 Å². The molecule has 3 nitrogen and oxygen atoms in total. The summed E-state index contributed by atoms with van der Waals surface area (Å²) in [4.78, 5) is 0. The summed E-state index contributed by atoms with van der Waals surface area (Å²) in [7, 11) is 1.74. The van der Waals surface area contributed by atoms with Gasteiger partial charge in [0.1, 0.15) is 5.75 Å². The maximum Gasteiger partial charge on any atom is 0.122 e. The Bertz CT molecular complexity index is 404. The fourth-order valence-corrected chi connectivity index (χ4v) is 2.63. The van der Waals surface area contributed by atoms with Crippen molar-refractivity contribution in [3.63, 3.8) is 0 Å². The van der Waals surface area contributed by atoms with Gasteiger partial charge in [0.2, 0.25) is 0 Å². The predicted molar refractivity (Wildman–Crippen MR) is 73.3 cm³/mol. The van der Waals surface area contributed by atoms with Gasteiger partial charge >= 0.3 is 0 Å². The first-order valence-corrected chi connectivity index (χ1v) is 6.75. The fourth-order valence-electron chi connectivity index (χ4n) is 2.63. The maximum absolute atomic E-state index is 5.72. The van der Waals surface area contributed by atoms with Crippen molar-refractivity contribution in [3.8, 4) is 5.75 Å². The fraction of sp³-hybridized carbons (Fsp3) is 0.600. The Balaban J connectivity index is 2.39. The van der Waals surface area contributed by atoms with E-state index in [4.69, 9.17) is 9.47 Å². The van der Waals surface area contributed by atoms with Gasteiger partial charge in [0.25, 0.3) is 0 Å². The molecule has 0 saturated heterocycles. The highest BCUT2D eigenvalue weighted by molar-refractivity contribution is 5.47. The number of ether oxygens (including phenoxy) is 2. The molecule has 1 aromatic rings. The van der Waals surface area contributed by atoms with Crippen molar-refractivity contribution in [1.29, 1.82) is 0 Å². The van der Waals surface area contributed by atoms with Gasteiger partial charge in [-0.05, 0) is 43.5 Å². The number of methoxy groups -OCH3 is 1. The summed E-state index contributed by atoms with van der Waals surface area (Å²) in [5.74, 6) is 0.990. The number of hydrogen-bond acceptors (Lipinski definition) is 3. The van der Waals surface area contributed by atoms with Crippen LogP contribution in [0.25, 0.3) is 0 Å². The second-order valence-corrected chi connectivity index (χ2v) is 4.81. The summed E-state index contributed by atoms with van der Waals surface area (Å²) in [6, 6.07) is 4.50. The first-order chi connectivity index (χ1) is 8.77. The first kappa shape index (κ1) is 13.4. The third kappa shape index (κ3) is 2.68. The largest absolute Gasteiger partial charge is 0.496 e. The lowest BCUT2D eigenvalue weighted by Crippen LogP contribution is -2.26. The Morgan fingerprint density at radius 1 is 1.44 bits per heavy atom. The lowest BCUT2D eigenvalue weighted by atomic mass is 9.93. The molecule has 2 rings (SSSR count). The molecule has 1 unspecified atom stereocenters. The third-order valence-corrected chi connectivity index (χ3v) is 3.52. The Kier molecular flexibility index (Phi) is 4.61. The van der Waals surface area contributed by atoms with Crippen LogP contribution in [-0.2, 0) is 11.2 Å². The van der Waals surface area contributed by atoms with Crippen molar-refractivity contribution >= 4 is 0 Å². The average Bonchev–Trinajstić information content (AvgIpc) is 2.60. The molecule has 0 bridgehead atoms. The number of nitrogens with one attached hydrogen (secondary N) is 1. The molecular weight excluding hydrogens is 226 g/mol. The van der Waals surface area contributed by atoms with E-state index >= 15 is 0 Å². The highest BCUT2D eigenvalue weighted by Crippen LogP contribution is 2.32. The molecule has 1 N–H and O–H groups in total. The van der Waals surface area contributed by atoms with E-state index in [1.54, 1.807) is 7.11 Å². The molecule has 0 radical (unpaired) electrons. The summed E-state index contributed by atoms with van der Waals surface area (Å²) < 4.78 is 11.2. The average molecular weight is 249 g/mol. The van der Waals surface area contributed by atoms with E-state index < -0.39 is 0 Å². The zero-order valence-corrected chi connectivity index (χ0v) is 11.6. The molecule has 0 fully saturated rings. The normalized spacial score (nSPS) is 19.2. The van der Waals surface area contributed by atoms with Crippen LogP contribution in [0.3, 0.4) is 0 Å². The minimum atomic E-state index is 0.289. The summed E-state index contributed by atoms with van der Waals surface area (Å²) in [6.45, 7) is 6.90. The maximum atomic E-state index is 5.72. The van der Waals surface area contributed by atoms with Gasteiger partial charge in [-0.15, -0.1) is 0 Å². The van der Waals surface area contributed by atoms with Crippen molar-refractivity contribution < 1.29 is 9.47 Å². The van der Waals surface area contributed by atoms with E-state index in [2.05, 4.69) is 31.3 Å². The lowest BCUT2D eigenvalue weighted by Gasteiger charge is -2.22. The summed E-state index contributed by atoms with van der Waals surface area (Å²) in [5, 5.41) is 3.58. The molecule has 18 heavy (non-hydrogen) atoms. The van der Waals surface area contributed by atoms with E-state index in [1.807, 2.05) is 0 Å². The van der Waals surface area contributed by atoms with Gasteiger partial charge in [-0.2, -0.15) is 0 Å². The number of rotatable bonds is 4. The molecular formula is C15H23NO2. The molecule has 0 saturated carbocycles. The molecule has 100 valence electrons. The molecule has 1 aliphatic rings. The Morgan fingerprint density at radius 3 is 3.00 bits per heavy atom. The van der Waals surface area contributed by atoms with Crippen LogP contribution in [0.4, 0.5) is 0 Å². The molecule has 0 amide bonds. The van der Waals surface area contributed by atoms with Crippen LogP contribution in [0, 0.1) is 6.92 Å².